The van der Waals surface area contributed by atoms with E-state index in [1.54, 1.807) is 18.3 Å². The molecule has 1 rings (SSSR count). The third-order valence-corrected chi connectivity index (χ3v) is 3.03. The molecule has 1 aromatic heterocycles. The number of rotatable bonds is 2. The largest absolute Gasteiger partial charge is 0.591 e. The van der Waals surface area contributed by atoms with Crippen molar-refractivity contribution in [3.63, 3.8) is 0 Å². The highest BCUT2D eigenvalue weighted by Gasteiger charge is 2.25. The Morgan fingerprint density at radius 1 is 1.53 bits per heavy atom. The number of hydrogen-bond donors (Lipinski definition) is 1. The standard InChI is InChI=1S/C10H15N3OS/c1-10(2,3)15(14)13-7-8-5-4-6-12-9(8)11/h4-7H,1-3H3,(H2,11,12). The van der Waals surface area contributed by atoms with Gasteiger partial charge in [0.05, 0.1) is 6.21 Å². The molecule has 0 aliphatic carbocycles. The second-order valence-electron chi connectivity index (χ2n) is 4.07. The molecule has 0 aliphatic rings. The van der Waals surface area contributed by atoms with Crippen molar-refractivity contribution < 1.29 is 4.55 Å². The van der Waals surface area contributed by atoms with E-state index in [0.717, 1.165) is 0 Å². The van der Waals surface area contributed by atoms with E-state index in [9.17, 15) is 4.55 Å². The van der Waals surface area contributed by atoms with Crippen LogP contribution in [0.1, 0.15) is 26.3 Å². The summed E-state index contributed by atoms with van der Waals surface area (Å²) in [6.45, 7) is 5.60. The average molecular weight is 225 g/mol. The van der Waals surface area contributed by atoms with E-state index >= 15 is 0 Å². The Labute approximate surface area is 92.9 Å². The van der Waals surface area contributed by atoms with Crippen LogP contribution in [0, 0.1) is 0 Å². The Morgan fingerprint density at radius 2 is 2.20 bits per heavy atom. The molecular formula is C10H15N3OS. The van der Waals surface area contributed by atoms with Crippen LogP contribution < -0.4 is 5.73 Å². The van der Waals surface area contributed by atoms with Crippen molar-refractivity contribution in [1.29, 1.82) is 0 Å². The monoisotopic (exact) mass is 225 g/mol. The molecular weight excluding hydrogens is 210 g/mol. The van der Waals surface area contributed by atoms with Gasteiger partial charge in [-0.1, -0.05) is 4.40 Å². The van der Waals surface area contributed by atoms with Crippen LogP contribution in [-0.2, 0) is 11.4 Å². The smallest absolute Gasteiger partial charge is 0.144 e. The van der Waals surface area contributed by atoms with Crippen molar-refractivity contribution in [2.45, 2.75) is 25.5 Å². The zero-order chi connectivity index (χ0) is 11.5. The SMILES string of the molecule is CC(C)(C)[S+]([O-])N=Cc1cccnc1N. The van der Waals surface area contributed by atoms with Crippen LogP contribution in [0.3, 0.4) is 0 Å². The van der Waals surface area contributed by atoms with Crippen molar-refractivity contribution in [1.82, 2.24) is 4.98 Å². The number of aromatic nitrogens is 1. The molecule has 4 nitrogen and oxygen atoms in total. The molecule has 0 fully saturated rings. The van der Waals surface area contributed by atoms with Gasteiger partial charge in [-0.2, -0.15) is 0 Å². The quantitative estimate of drug-likeness (QED) is 0.613. The summed E-state index contributed by atoms with van der Waals surface area (Å²) >= 11 is -1.26. The third kappa shape index (κ3) is 3.53. The molecule has 1 heterocycles. The van der Waals surface area contributed by atoms with Crippen molar-refractivity contribution in [2.75, 3.05) is 5.73 Å². The summed E-state index contributed by atoms with van der Waals surface area (Å²) in [6, 6.07) is 3.55. The number of anilines is 1. The van der Waals surface area contributed by atoms with Crippen LogP contribution in [0.4, 0.5) is 5.82 Å². The summed E-state index contributed by atoms with van der Waals surface area (Å²) in [5, 5.41) is 0. The van der Waals surface area contributed by atoms with Crippen LogP contribution in [-0.4, -0.2) is 20.5 Å². The molecule has 0 bridgehead atoms. The predicted octanol–water partition coefficient (Wildman–Crippen LogP) is 1.54. The molecule has 0 saturated carbocycles. The van der Waals surface area contributed by atoms with Crippen LogP contribution in [0.25, 0.3) is 0 Å². The number of nitrogens with two attached hydrogens (primary N) is 1. The fourth-order valence-electron chi connectivity index (χ4n) is 0.802. The number of nitrogens with zero attached hydrogens (tertiary/aromatic N) is 2. The van der Waals surface area contributed by atoms with Crippen LogP contribution >= 0.6 is 0 Å². The van der Waals surface area contributed by atoms with E-state index in [2.05, 4.69) is 9.38 Å². The van der Waals surface area contributed by atoms with Crippen molar-refractivity contribution in [3.05, 3.63) is 23.9 Å². The van der Waals surface area contributed by atoms with Gasteiger partial charge in [-0.05, 0) is 32.9 Å². The highest BCUT2D eigenvalue weighted by atomic mass is 32.2. The minimum Gasteiger partial charge on any atom is -0.591 e. The first-order chi connectivity index (χ1) is 6.91. The Kier molecular flexibility index (Phi) is 3.71. The first-order valence-electron chi connectivity index (χ1n) is 4.58. The van der Waals surface area contributed by atoms with Gasteiger partial charge in [-0.15, -0.1) is 0 Å². The van der Waals surface area contributed by atoms with E-state index in [4.69, 9.17) is 5.73 Å². The summed E-state index contributed by atoms with van der Waals surface area (Å²) in [5.41, 5.74) is 6.30. The molecule has 2 N–H and O–H groups in total. The lowest BCUT2D eigenvalue weighted by atomic mass is 10.3. The van der Waals surface area contributed by atoms with Gasteiger partial charge in [0.25, 0.3) is 0 Å². The summed E-state index contributed by atoms with van der Waals surface area (Å²) in [4.78, 5) is 3.91. The Balaban J connectivity index is 2.79. The van der Waals surface area contributed by atoms with E-state index in [1.807, 2.05) is 20.8 Å². The number of nitrogen functional groups attached to an aromatic ring is 1. The van der Waals surface area contributed by atoms with Crippen LogP contribution in [0.5, 0.6) is 0 Å². The summed E-state index contributed by atoms with van der Waals surface area (Å²) in [6.07, 6.45) is 3.11. The summed E-state index contributed by atoms with van der Waals surface area (Å²) < 4.78 is 15.2. The molecule has 0 aromatic carbocycles. The minimum atomic E-state index is -1.26. The lowest BCUT2D eigenvalue weighted by Crippen LogP contribution is -2.25. The van der Waals surface area contributed by atoms with Gasteiger partial charge in [-0.3, -0.25) is 0 Å². The first kappa shape index (κ1) is 12.0. The average Bonchev–Trinajstić information content (AvgIpc) is 2.14. The number of hydrogen-bond acceptors (Lipinski definition) is 4. The molecule has 15 heavy (non-hydrogen) atoms. The molecule has 0 spiro atoms. The molecule has 1 unspecified atom stereocenters. The molecule has 5 heteroatoms. The minimum absolute atomic E-state index is 0.354. The molecule has 0 amide bonds. The van der Waals surface area contributed by atoms with Gasteiger partial charge in [-0.25, -0.2) is 4.98 Å². The lowest BCUT2D eigenvalue weighted by molar-refractivity contribution is 0.562. The van der Waals surface area contributed by atoms with Gasteiger partial charge < -0.3 is 10.3 Å². The van der Waals surface area contributed by atoms with E-state index < -0.39 is 11.4 Å². The maximum absolute atomic E-state index is 11.6. The zero-order valence-electron chi connectivity index (χ0n) is 9.10. The van der Waals surface area contributed by atoms with Crippen molar-refractivity contribution >= 4 is 23.4 Å². The second-order valence-corrected chi connectivity index (χ2v) is 6.01. The summed E-state index contributed by atoms with van der Waals surface area (Å²) in [5.74, 6) is 0.396. The lowest BCUT2D eigenvalue weighted by Gasteiger charge is -2.17. The number of pyridine rings is 1. The molecule has 1 atom stereocenters. The van der Waals surface area contributed by atoms with Gasteiger partial charge >= 0.3 is 0 Å². The third-order valence-electron chi connectivity index (χ3n) is 1.68. The molecule has 0 aliphatic heterocycles. The Morgan fingerprint density at radius 3 is 2.73 bits per heavy atom. The van der Waals surface area contributed by atoms with Crippen LogP contribution in [0.2, 0.25) is 0 Å². The second kappa shape index (κ2) is 4.63. The van der Waals surface area contributed by atoms with Gasteiger partial charge in [0.2, 0.25) is 0 Å². The maximum Gasteiger partial charge on any atom is 0.144 e. The molecule has 1 aromatic rings. The normalized spacial score (nSPS) is 14.4. The van der Waals surface area contributed by atoms with Crippen molar-refractivity contribution in [3.8, 4) is 0 Å². The first-order valence-corrected chi connectivity index (χ1v) is 5.68. The topological polar surface area (TPSA) is 74.3 Å². The van der Waals surface area contributed by atoms with E-state index in [0.29, 0.717) is 11.4 Å². The van der Waals surface area contributed by atoms with Crippen molar-refractivity contribution in [2.24, 2.45) is 4.40 Å². The molecule has 82 valence electrons. The van der Waals surface area contributed by atoms with E-state index in [1.165, 1.54) is 6.21 Å². The molecule has 0 radical (unpaired) electrons. The summed E-state index contributed by atoms with van der Waals surface area (Å²) in [7, 11) is 0. The van der Waals surface area contributed by atoms with E-state index in [-0.39, 0.29) is 4.75 Å². The highest BCUT2D eigenvalue weighted by molar-refractivity contribution is 7.91. The Bertz CT molecular complexity index is 360. The fourth-order valence-corrected chi connectivity index (χ4v) is 1.33. The van der Waals surface area contributed by atoms with Gasteiger partial charge in [0.15, 0.2) is 0 Å². The predicted molar refractivity (Wildman–Crippen MR) is 64.1 cm³/mol. The van der Waals surface area contributed by atoms with Gasteiger partial charge in [0, 0.05) is 11.8 Å². The Hall–Kier alpha value is -1.07. The van der Waals surface area contributed by atoms with Gasteiger partial charge in [0.1, 0.15) is 21.9 Å². The highest BCUT2D eigenvalue weighted by Crippen LogP contribution is 2.17. The fraction of sp³-hybridized carbons (Fsp3) is 0.400. The van der Waals surface area contributed by atoms with Crippen LogP contribution in [0.15, 0.2) is 22.7 Å². The zero-order valence-corrected chi connectivity index (χ0v) is 9.91. The maximum atomic E-state index is 11.6. The molecule has 0 saturated heterocycles.